The summed E-state index contributed by atoms with van der Waals surface area (Å²) in [5.41, 5.74) is 0. The maximum absolute atomic E-state index is 11.9. The van der Waals surface area contributed by atoms with Gasteiger partial charge in [-0.3, -0.25) is 4.79 Å². The molecule has 0 unspecified atom stereocenters. The zero-order valence-electron chi connectivity index (χ0n) is 10.3. The first-order valence-corrected chi connectivity index (χ1v) is 6.00. The van der Waals surface area contributed by atoms with Crippen molar-refractivity contribution in [3.05, 3.63) is 24.3 Å². The van der Waals surface area contributed by atoms with Gasteiger partial charge in [0.05, 0.1) is 0 Å². The Bertz CT molecular complexity index is 421. The van der Waals surface area contributed by atoms with Gasteiger partial charge in [-0.25, -0.2) is 0 Å². The second kappa shape index (κ2) is 5.73. The van der Waals surface area contributed by atoms with Gasteiger partial charge in [0, 0.05) is 12.6 Å². The van der Waals surface area contributed by atoms with Crippen LogP contribution in [0.2, 0.25) is 0 Å². The maximum atomic E-state index is 11.9. The molecule has 98 valence electrons. The summed E-state index contributed by atoms with van der Waals surface area (Å²) in [5, 5.41) is 11.6. The Balaban J connectivity index is 1.94. The summed E-state index contributed by atoms with van der Waals surface area (Å²) >= 11 is 0. The third kappa shape index (κ3) is 2.92. The molecule has 1 aliphatic rings. The molecule has 0 aliphatic carbocycles. The summed E-state index contributed by atoms with van der Waals surface area (Å²) in [6.45, 7) is 2.09. The molecule has 5 heteroatoms. The van der Waals surface area contributed by atoms with Gasteiger partial charge in [-0.1, -0.05) is 12.1 Å². The lowest BCUT2D eigenvalue weighted by atomic mass is 10.2. The van der Waals surface area contributed by atoms with Crippen molar-refractivity contribution in [3.63, 3.8) is 0 Å². The SMILES string of the molecule is C[C@H](CCO)NC(=O)[C@H]1COc2ccccc2O1. The molecule has 1 amide bonds. The lowest BCUT2D eigenvalue weighted by Crippen LogP contribution is -2.47. The number of amides is 1. The van der Waals surface area contributed by atoms with Crippen molar-refractivity contribution in [1.82, 2.24) is 5.32 Å². The molecule has 0 radical (unpaired) electrons. The van der Waals surface area contributed by atoms with Crippen LogP contribution in [-0.2, 0) is 4.79 Å². The lowest BCUT2D eigenvalue weighted by Gasteiger charge is -2.26. The quantitative estimate of drug-likeness (QED) is 0.827. The topological polar surface area (TPSA) is 67.8 Å². The summed E-state index contributed by atoms with van der Waals surface area (Å²) in [5.74, 6) is 1.02. The number of aliphatic hydroxyl groups is 1. The summed E-state index contributed by atoms with van der Waals surface area (Å²) in [4.78, 5) is 11.9. The van der Waals surface area contributed by atoms with Crippen LogP contribution in [0.4, 0.5) is 0 Å². The van der Waals surface area contributed by atoms with Crippen LogP contribution >= 0.6 is 0 Å². The molecule has 2 rings (SSSR count). The van der Waals surface area contributed by atoms with Gasteiger partial charge in [0.1, 0.15) is 6.61 Å². The normalized spacial score (nSPS) is 19.1. The highest BCUT2D eigenvalue weighted by molar-refractivity contribution is 5.82. The number of ether oxygens (including phenoxy) is 2. The van der Waals surface area contributed by atoms with E-state index in [1.165, 1.54) is 0 Å². The fourth-order valence-corrected chi connectivity index (χ4v) is 1.75. The van der Waals surface area contributed by atoms with Gasteiger partial charge in [-0.05, 0) is 25.5 Å². The molecule has 1 aromatic rings. The van der Waals surface area contributed by atoms with Crippen molar-refractivity contribution < 1.29 is 19.4 Å². The largest absolute Gasteiger partial charge is 0.485 e. The highest BCUT2D eigenvalue weighted by Gasteiger charge is 2.27. The number of carbonyl (C=O) groups is 1. The molecule has 0 saturated carbocycles. The standard InChI is InChI=1S/C13H17NO4/c1-9(6-7-15)14-13(16)12-8-17-10-4-2-3-5-11(10)18-12/h2-5,9,12,15H,6-8H2,1H3,(H,14,16)/t9-,12-/m1/s1. The number of aliphatic hydroxyl groups excluding tert-OH is 1. The van der Waals surface area contributed by atoms with Crippen LogP contribution in [0.1, 0.15) is 13.3 Å². The van der Waals surface area contributed by atoms with Crippen molar-refractivity contribution in [2.24, 2.45) is 0 Å². The first-order chi connectivity index (χ1) is 8.70. The summed E-state index contributed by atoms with van der Waals surface area (Å²) in [6, 6.07) is 7.18. The van der Waals surface area contributed by atoms with Crippen molar-refractivity contribution in [1.29, 1.82) is 0 Å². The molecule has 0 bridgehead atoms. The predicted octanol–water partition coefficient (Wildman–Crippen LogP) is 0.713. The van der Waals surface area contributed by atoms with E-state index in [0.717, 1.165) is 0 Å². The predicted molar refractivity (Wildman–Crippen MR) is 65.7 cm³/mol. The maximum Gasteiger partial charge on any atom is 0.264 e. The smallest absolute Gasteiger partial charge is 0.264 e. The minimum absolute atomic E-state index is 0.0479. The van der Waals surface area contributed by atoms with E-state index in [9.17, 15) is 4.79 Å². The van der Waals surface area contributed by atoms with Crippen molar-refractivity contribution in [2.45, 2.75) is 25.5 Å². The Morgan fingerprint density at radius 1 is 1.50 bits per heavy atom. The Hall–Kier alpha value is -1.75. The average Bonchev–Trinajstić information content (AvgIpc) is 2.38. The van der Waals surface area contributed by atoms with Crippen LogP contribution in [-0.4, -0.2) is 36.4 Å². The molecule has 1 heterocycles. The van der Waals surface area contributed by atoms with Gasteiger partial charge in [0.25, 0.3) is 5.91 Å². The average molecular weight is 251 g/mol. The fourth-order valence-electron chi connectivity index (χ4n) is 1.75. The van der Waals surface area contributed by atoms with Gasteiger partial charge in [-0.15, -0.1) is 0 Å². The summed E-state index contributed by atoms with van der Waals surface area (Å²) in [6.07, 6.45) is -0.114. The molecule has 2 N–H and O–H groups in total. The Labute approximate surface area is 106 Å². The summed E-state index contributed by atoms with van der Waals surface area (Å²) < 4.78 is 11.0. The van der Waals surface area contributed by atoms with Crippen LogP contribution in [0.15, 0.2) is 24.3 Å². The van der Waals surface area contributed by atoms with Crippen LogP contribution in [0.5, 0.6) is 11.5 Å². The molecule has 5 nitrogen and oxygen atoms in total. The van der Waals surface area contributed by atoms with Crippen molar-refractivity contribution in [2.75, 3.05) is 13.2 Å². The van der Waals surface area contributed by atoms with Gasteiger partial charge >= 0.3 is 0 Å². The number of hydrogen-bond acceptors (Lipinski definition) is 4. The second-order valence-corrected chi connectivity index (χ2v) is 4.29. The molecular weight excluding hydrogens is 234 g/mol. The molecule has 0 fully saturated rings. The van der Waals surface area contributed by atoms with E-state index in [2.05, 4.69) is 5.32 Å². The number of rotatable bonds is 4. The van der Waals surface area contributed by atoms with E-state index in [0.29, 0.717) is 17.9 Å². The third-order valence-corrected chi connectivity index (χ3v) is 2.75. The van der Waals surface area contributed by atoms with Gasteiger partial charge in [0.2, 0.25) is 6.10 Å². The van der Waals surface area contributed by atoms with E-state index in [-0.39, 0.29) is 25.2 Å². The van der Waals surface area contributed by atoms with E-state index < -0.39 is 6.10 Å². The Kier molecular flexibility index (Phi) is 4.04. The lowest BCUT2D eigenvalue weighted by molar-refractivity contribution is -0.131. The molecule has 18 heavy (non-hydrogen) atoms. The number of fused-ring (bicyclic) bond motifs is 1. The first-order valence-electron chi connectivity index (χ1n) is 6.00. The molecule has 0 saturated heterocycles. The van der Waals surface area contributed by atoms with Crippen LogP contribution in [0.3, 0.4) is 0 Å². The molecule has 2 atom stereocenters. The molecule has 0 aromatic heterocycles. The van der Waals surface area contributed by atoms with Crippen LogP contribution in [0, 0.1) is 0 Å². The fraction of sp³-hybridized carbons (Fsp3) is 0.462. The Morgan fingerprint density at radius 3 is 2.94 bits per heavy atom. The highest BCUT2D eigenvalue weighted by Crippen LogP contribution is 2.30. The van der Waals surface area contributed by atoms with Crippen molar-refractivity contribution in [3.8, 4) is 11.5 Å². The monoisotopic (exact) mass is 251 g/mol. The molecule has 1 aromatic carbocycles. The van der Waals surface area contributed by atoms with E-state index in [1.54, 1.807) is 12.1 Å². The first kappa shape index (κ1) is 12.7. The number of hydrogen-bond donors (Lipinski definition) is 2. The van der Waals surface area contributed by atoms with E-state index in [4.69, 9.17) is 14.6 Å². The number of para-hydroxylation sites is 2. The second-order valence-electron chi connectivity index (χ2n) is 4.29. The number of benzene rings is 1. The Morgan fingerprint density at radius 2 is 2.22 bits per heavy atom. The number of nitrogens with one attached hydrogen (secondary N) is 1. The van der Waals surface area contributed by atoms with Gasteiger partial charge in [0.15, 0.2) is 11.5 Å². The zero-order chi connectivity index (χ0) is 13.0. The molecule has 1 aliphatic heterocycles. The minimum Gasteiger partial charge on any atom is -0.485 e. The van der Waals surface area contributed by atoms with Crippen molar-refractivity contribution >= 4 is 5.91 Å². The van der Waals surface area contributed by atoms with E-state index >= 15 is 0 Å². The van der Waals surface area contributed by atoms with E-state index in [1.807, 2.05) is 19.1 Å². The highest BCUT2D eigenvalue weighted by atomic mass is 16.6. The van der Waals surface area contributed by atoms with Crippen LogP contribution < -0.4 is 14.8 Å². The minimum atomic E-state index is -0.638. The van der Waals surface area contributed by atoms with Gasteiger partial charge in [-0.2, -0.15) is 0 Å². The third-order valence-electron chi connectivity index (χ3n) is 2.75. The number of carbonyl (C=O) groups excluding carboxylic acids is 1. The molecule has 0 spiro atoms. The summed E-state index contributed by atoms with van der Waals surface area (Å²) in [7, 11) is 0. The zero-order valence-corrected chi connectivity index (χ0v) is 10.3. The van der Waals surface area contributed by atoms with Gasteiger partial charge < -0.3 is 19.9 Å². The van der Waals surface area contributed by atoms with Crippen LogP contribution in [0.25, 0.3) is 0 Å². The molecular formula is C13H17NO4.